The zero-order valence-corrected chi connectivity index (χ0v) is 13.1. The molecule has 0 spiro atoms. The molecule has 0 aliphatic carbocycles. The van der Waals surface area contributed by atoms with Crippen LogP contribution in [0.25, 0.3) is 0 Å². The maximum atomic E-state index is 11.8. The maximum Gasteiger partial charge on any atom is 0.251 e. The van der Waals surface area contributed by atoms with Gasteiger partial charge < -0.3 is 10.6 Å². The Morgan fingerprint density at radius 3 is 2.24 bits per heavy atom. The fourth-order valence-electron chi connectivity index (χ4n) is 1.94. The average molecular weight is 290 g/mol. The zero-order chi connectivity index (χ0) is 15.5. The van der Waals surface area contributed by atoms with Crippen molar-refractivity contribution in [1.29, 1.82) is 0 Å². The van der Waals surface area contributed by atoms with Gasteiger partial charge in [-0.15, -0.1) is 0 Å². The second-order valence-corrected chi connectivity index (χ2v) is 5.19. The molecule has 0 heterocycles. The number of benzene rings is 1. The first-order chi connectivity index (χ1) is 10.2. The number of nitrogens with one attached hydrogen (secondary N) is 2. The lowest BCUT2D eigenvalue weighted by Crippen LogP contribution is -2.24. The molecule has 0 bridgehead atoms. The molecule has 2 amide bonds. The van der Waals surface area contributed by atoms with Gasteiger partial charge >= 0.3 is 0 Å². The fourth-order valence-corrected chi connectivity index (χ4v) is 1.94. The van der Waals surface area contributed by atoms with Gasteiger partial charge in [-0.2, -0.15) is 0 Å². The van der Waals surface area contributed by atoms with Gasteiger partial charge in [0, 0.05) is 24.2 Å². The van der Waals surface area contributed by atoms with Crippen molar-refractivity contribution in [2.75, 3.05) is 11.9 Å². The van der Waals surface area contributed by atoms with E-state index in [1.807, 2.05) is 0 Å². The third-order valence-corrected chi connectivity index (χ3v) is 3.25. The largest absolute Gasteiger partial charge is 0.352 e. The van der Waals surface area contributed by atoms with E-state index < -0.39 is 0 Å². The summed E-state index contributed by atoms with van der Waals surface area (Å²) in [5.41, 5.74) is 1.36. The number of carbonyl (C=O) groups excluding carboxylic acids is 2. The summed E-state index contributed by atoms with van der Waals surface area (Å²) in [4.78, 5) is 23.5. The van der Waals surface area contributed by atoms with E-state index in [1.54, 1.807) is 24.3 Å². The Balaban J connectivity index is 2.42. The summed E-state index contributed by atoms with van der Waals surface area (Å²) in [7, 11) is 0. The molecular formula is C17H26N2O2. The molecule has 1 aromatic carbocycles. The molecule has 116 valence electrons. The molecule has 0 aromatic heterocycles. The zero-order valence-electron chi connectivity index (χ0n) is 13.1. The number of rotatable bonds is 9. The highest BCUT2D eigenvalue weighted by Crippen LogP contribution is 2.11. The van der Waals surface area contributed by atoms with Gasteiger partial charge in [0.1, 0.15) is 0 Å². The van der Waals surface area contributed by atoms with Gasteiger partial charge in [-0.05, 0) is 37.1 Å². The van der Waals surface area contributed by atoms with Gasteiger partial charge in [-0.3, -0.25) is 9.59 Å². The third kappa shape index (κ3) is 6.93. The van der Waals surface area contributed by atoms with Crippen molar-refractivity contribution < 1.29 is 9.59 Å². The minimum Gasteiger partial charge on any atom is -0.352 e. The lowest BCUT2D eigenvalue weighted by molar-refractivity contribution is -0.116. The van der Waals surface area contributed by atoms with Crippen LogP contribution >= 0.6 is 0 Å². The summed E-state index contributed by atoms with van der Waals surface area (Å²) in [5, 5.41) is 5.72. The van der Waals surface area contributed by atoms with E-state index >= 15 is 0 Å². The topological polar surface area (TPSA) is 58.2 Å². The van der Waals surface area contributed by atoms with Crippen LogP contribution in [0.1, 0.15) is 62.7 Å². The SMILES string of the molecule is CCCCCC(=O)Nc1ccc(C(=O)NCCCC)cc1. The summed E-state index contributed by atoms with van der Waals surface area (Å²) in [5.74, 6) is -0.0344. The molecule has 0 fully saturated rings. The quantitative estimate of drug-likeness (QED) is 0.681. The minimum atomic E-state index is -0.0655. The van der Waals surface area contributed by atoms with E-state index in [0.717, 1.165) is 37.8 Å². The standard InChI is InChI=1S/C17H26N2O2/c1-3-5-7-8-16(20)19-15-11-9-14(10-12-15)17(21)18-13-6-4-2/h9-12H,3-8,13H2,1-2H3,(H,18,21)(H,19,20). The summed E-state index contributed by atoms with van der Waals surface area (Å²) >= 11 is 0. The second kappa shape index (κ2) is 9.97. The van der Waals surface area contributed by atoms with Gasteiger partial charge in [-0.25, -0.2) is 0 Å². The third-order valence-electron chi connectivity index (χ3n) is 3.25. The number of amides is 2. The number of hydrogen-bond donors (Lipinski definition) is 2. The molecule has 4 nitrogen and oxygen atoms in total. The molecule has 0 atom stereocenters. The van der Waals surface area contributed by atoms with Crippen LogP contribution in [0.5, 0.6) is 0 Å². The first-order valence-corrected chi connectivity index (χ1v) is 7.85. The molecule has 21 heavy (non-hydrogen) atoms. The molecule has 0 aliphatic heterocycles. The molecule has 0 aliphatic rings. The van der Waals surface area contributed by atoms with Gasteiger partial charge in [0.05, 0.1) is 0 Å². The Morgan fingerprint density at radius 1 is 0.952 bits per heavy atom. The molecule has 0 radical (unpaired) electrons. The van der Waals surface area contributed by atoms with Crippen molar-refractivity contribution in [2.24, 2.45) is 0 Å². The molecule has 1 aromatic rings. The Hall–Kier alpha value is -1.84. The van der Waals surface area contributed by atoms with Crippen LogP contribution in [0.3, 0.4) is 0 Å². The first-order valence-electron chi connectivity index (χ1n) is 7.85. The van der Waals surface area contributed by atoms with Crippen molar-refractivity contribution in [2.45, 2.75) is 52.4 Å². The van der Waals surface area contributed by atoms with E-state index in [9.17, 15) is 9.59 Å². The lowest BCUT2D eigenvalue weighted by Gasteiger charge is -2.07. The van der Waals surface area contributed by atoms with E-state index in [-0.39, 0.29) is 11.8 Å². The van der Waals surface area contributed by atoms with E-state index in [2.05, 4.69) is 24.5 Å². The van der Waals surface area contributed by atoms with E-state index in [4.69, 9.17) is 0 Å². The first kappa shape index (κ1) is 17.2. The summed E-state index contributed by atoms with van der Waals surface area (Å²) in [6, 6.07) is 7.02. The molecule has 4 heteroatoms. The minimum absolute atomic E-state index is 0.0311. The average Bonchev–Trinajstić information content (AvgIpc) is 2.48. The van der Waals surface area contributed by atoms with Gasteiger partial charge in [-0.1, -0.05) is 33.1 Å². The fraction of sp³-hybridized carbons (Fsp3) is 0.529. The van der Waals surface area contributed by atoms with E-state index in [0.29, 0.717) is 18.5 Å². The molecule has 1 rings (SSSR count). The Morgan fingerprint density at radius 2 is 1.62 bits per heavy atom. The molecule has 0 saturated heterocycles. The van der Waals surface area contributed by atoms with Crippen LogP contribution in [-0.2, 0) is 4.79 Å². The predicted octanol–water partition coefficient (Wildman–Crippen LogP) is 3.74. The van der Waals surface area contributed by atoms with Crippen LogP contribution in [0.15, 0.2) is 24.3 Å². The lowest BCUT2D eigenvalue weighted by atomic mass is 10.1. The molecule has 0 unspecified atom stereocenters. The molecular weight excluding hydrogens is 264 g/mol. The van der Waals surface area contributed by atoms with Crippen LogP contribution in [0.2, 0.25) is 0 Å². The Bertz CT molecular complexity index is 441. The summed E-state index contributed by atoms with van der Waals surface area (Å²) in [6.07, 6.45) is 5.69. The molecule has 0 saturated carbocycles. The van der Waals surface area contributed by atoms with Crippen molar-refractivity contribution in [3.63, 3.8) is 0 Å². The van der Waals surface area contributed by atoms with Crippen LogP contribution < -0.4 is 10.6 Å². The van der Waals surface area contributed by atoms with Gasteiger partial charge in [0.15, 0.2) is 0 Å². The highest BCUT2D eigenvalue weighted by Gasteiger charge is 2.06. The number of unbranched alkanes of at least 4 members (excludes halogenated alkanes) is 3. The normalized spacial score (nSPS) is 10.2. The Labute approximate surface area is 127 Å². The summed E-state index contributed by atoms with van der Waals surface area (Å²) < 4.78 is 0. The van der Waals surface area contributed by atoms with Crippen molar-refractivity contribution in [3.8, 4) is 0 Å². The number of anilines is 1. The van der Waals surface area contributed by atoms with Crippen molar-refractivity contribution in [1.82, 2.24) is 5.32 Å². The van der Waals surface area contributed by atoms with Crippen LogP contribution in [-0.4, -0.2) is 18.4 Å². The monoisotopic (exact) mass is 290 g/mol. The number of carbonyl (C=O) groups is 2. The highest BCUT2D eigenvalue weighted by molar-refractivity contribution is 5.95. The van der Waals surface area contributed by atoms with E-state index in [1.165, 1.54) is 0 Å². The Kier molecular flexibility index (Phi) is 8.17. The smallest absolute Gasteiger partial charge is 0.251 e. The highest BCUT2D eigenvalue weighted by atomic mass is 16.2. The molecule has 2 N–H and O–H groups in total. The van der Waals surface area contributed by atoms with Crippen LogP contribution in [0, 0.1) is 0 Å². The summed E-state index contributed by atoms with van der Waals surface area (Å²) in [6.45, 7) is 4.90. The van der Waals surface area contributed by atoms with Gasteiger partial charge in [0.25, 0.3) is 5.91 Å². The maximum absolute atomic E-state index is 11.8. The van der Waals surface area contributed by atoms with Crippen molar-refractivity contribution in [3.05, 3.63) is 29.8 Å². The van der Waals surface area contributed by atoms with Crippen molar-refractivity contribution >= 4 is 17.5 Å². The van der Waals surface area contributed by atoms with Gasteiger partial charge in [0.2, 0.25) is 5.91 Å². The van der Waals surface area contributed by atoms with Crippen LogP contribution in [0.4, 0.5) is 5.69 Å². The number of hydrogen-bond acceptors (Lipinski definition) is 2. The predicted molar refractivity (Wildman–Crippen MR) is 86.5 cm³/mol. The second-order valence-electron chi connectivity index (χ2n) is 5.19.